The monoisotopic (exact) mass is 425 g/mol. The van der Waals surface area contributed by atoms with E-state index in [2.05, 4.69) is 55.5 Å². The number of nitrogens with two attached hydrogens (primary N) is 1. The number of unbranched alkanes of at least 4 members (excludes halogenated alkanes) is 5. The van der Waals surface area contributed by atoms with Crippen molar-refractivity contribution in [1.29, 1.82) is 0 Å². The fraction of sp³-hybridized carbons (Fsp3) is 0.444. The number of aromatic hydroxyl groups is 1. The SMILES string of the molecule is CCCCCC=CCC=CCC=CCC=CCCCCc1cc(N)c(O)c(C(=O)O)c1. The van der Waals surface area contributed by atoms with Crippen LogP contribution in [0.3, 0.4) is 0 Å². The zero-order valence-electron chi connectivity index (χ0n) is 18.9. The van der Waals surface area contributed by atoms with Crippen LogP contribution in [0.25, 0.3) is 0 Å². The fourth-order valence-electron chi connectivity index (χ4n) is 3.18. The molecule has 0 atom stereocenters. The van der Waals surface area contributed by atoms with Crippen LogP contribution >= 0.6 is 0 Å². The Morgan fingerprint density at radius 1 is 0.839 bits per heavy atom. The van der Waals surface area contributed by atoms with Gasteiger partial charge in [-0.15, -0.1) is 0 Å². The minimum absolute atomic E-state index is 0.121. The molecule has 31 heavy (non-hydrogen) atoms. The van der Waals surface area contributed by atoms with Crippen LogP contribution in [0.2, 0.25) is 0 Å². The first-order valence-corrected chi connectivity index (χ1v) is 11.5. The lowest BCUT2D eigenvalue weighted by Crippen LogP contribution is -2.01. The summed E-state index contributed by atoms with van der Waals surface area (Å²) in [5.41, 5.74) is 6.53. The summed E-state index contributed by atoms with van der Waals surface area (Å²) in [5.74, 6) is -1.51. The normalized spacial score (nSPS) is 12.2. The maximum absolute atomic E-state index is 11.1. The van der Waals surface area contributed by atoms with E-state index in [9.17, 15) is 9.90 Å². The Bertz CT molecular complexity index is 760. The van der Waals surface area contributed by atoms with Gasteiger partial charge < -0.3 is 15.9 Å². The van der Waals surface area contributed by atoms with E-state index < -0.39 is 5.97 Å². The molecule has 4 nitrogen and oxygen atoms in total. The van der Waals surface area contributed by atoms with Gasteiger partial charge in [0.05, 0.1) is 5.69 Å². The zero-order valence-corrected chi connectivity index (χ0v) is 18.9. The van der Waals surface area contributed by atoms with Gasteiger partial charge in [0.25, 0.3) is 0 Å². The van der Waals surface area contributed by atoms with Gasteiger partial charge in [0.15, 0.2) is 5.75 Å². The quantitative estimate of drug-likeness (QED) is 0.112. The maximum Gasteiger partial charge on any atom is 0.339 e. The summed E-state index contributed by atoms with van der Waals surface area (Å²) >= 11 is 0. The number of carboxylic acid groups (broad SMARTS) is 1. The number of hydrogen-bond acceptors (Lipinski definition) is 3. The zero-order chi connectivity index (χ0) is 22.7. The van der Waals surface area contributed by atoms with Gasteiger partial charge in [-0.25, -0.2) is 4.79 Å². The van der Waals surface area contributed by atoms with Crippen LogP contribution < -0.4 is 5.73 Å². The third-order valence-electron chi connectivity index (χ3n) is 4.97. The highest BCUT2D eigenvalue weighted by Gasteiger charge is 2.13. The lowest BCUT2D eigenvalue weighted by atomic mass is 10.0. The van der Waals surface area contributed by atoms with Gasteiger partial charge in [-0.2, -0.15) is 0 Å². The van der Waals surface area contributed by atoms with E-state index in [1.807, 2.05) is 0 Å². The number of aromatic carboxylic acids is 1. The average molecular weight is 426 g/mol. The van der Waals surface area contributed by atoms with Crippen molar-refractivity contribution in [3.63, 3.8) is 0 Å². The fourth-order valence-corrected chi connectivity index (χ4v) is 3.18. The molecule has 0 unspecified atom stereocenters. The Hall–Kier alpha value is -2.75. The molecule has 0 heterocycles. The summed E-state index contributed by atoms with van der Waals surface area (Å²) in [5, 5.41) is 18.8. The summed E-state index contributed by atoms with van der Waals surface area (Å²) < 4.78 is 0. The molecule has 0 fully saturated rings. The van der Waals surface area contributed by atoms with Crippen LogP contribution in [-0.2, 0) is 6.42 Å². The molecule has 4 heteroatoms. The molecule has 0 aromatic heterocycles. The number of hydrogen-bond donors (Lipinski definition) is 3. The minimum atomic E-state index is -1.16. The summed E-state index contributed by atoms with van der Waals surface area (Å²) in [6, 6.07) is 3.16. The molecule has 1 aromatic carbocycles. The highest BCUT2D eigenvalue weighted by atomic mass is 16.4. The van der Waals surface area contributed by atoms with Gasteiger partial charge in [-0.1, -0.05) is 68.4 Å². The Balaban J connectivity index is 2.10. The number of allylic oxidation sites excluding steroid dienone is 8. The molecular weight excluding hydrogens is 386 g/mol. The summed E-state index contributed by atoms with van der Waals surface area (Å²) in [7, 11) is 0. The first kappa shape index (κ1) is 26.3. The van der Waals surface area contributed by atoms with Gasteiger partial charge in [-0.3, -0.25) is 0 Å². The topological polar surface area (TPSA) is 83.5 Å². The van der Waals surface area contributed by atoms with Gasteiger partial charge in [0.1, 0.15) is 5.56 Å². The largest absolute Gasteiger partial charge is 0.505 e. The molecule has 0 radical (unpaired) electrons. The highest BCUT2D eigenvalue weighted by Crippen LogP contribution is 2.27. The summed E-state index contributed by atoms with van der Waals surface area (Å²) in [6.45, 7) is 2.23. The van der Waals surface area contributed by atoms with Crippen LogP contribution in [0.15, 0.2) is 60.7 Å². The Morgan fingerprint density at radius 3 is 1.87 bits per heavy atom. The average Bonchev–Trinajstić information content (AvgIpc) is 2.75. The highest BCUT2D eigenvalue weighted by molar-refractivity contribution is 5.93. The Labute approximate surface area is 187 Å². The third kappa shape index (κ3) is 12.5. The predicted octanol–water partition coefficient (Wildman–Crippen LogP) is 7.36. The lowest BCUT2D eigenvalue weighted by molar-refractivity contribution is 0.0693. The molecule has 0 saturated heterocycles. The van der Waals surface area contributed by atoms with Crippen LogP contribution in [-0.4, -0.2) is 16.2 Å². The van der Waals surface area contributed by atoms with Gasteiger partial charge in [0, 0.05) is 0 Å². The van der Waals surface area contributed by atoms with Crippen molar-refractivity contribution in [2.45, 2.75) is 77.6 Å². The standard InChI is InChI=1S/C27H39NO3/c1-2-3-4-5-6-7-8-9-10-11-12-13-14-15-16-17-18-19-20-23-21-24(27(30)31)26(29)25(28)22-23/h6-7,9-10,12-13,15-16,21-22,29H,2-5,8,11,14,17-20,28H2,1H3,(H,30,31). The number of nitrogen functional groups attached to an aromatic ring is 1. The van der Waals surface area contributed by atoms with Crippen molar-refractivity contribution >= 4 is 11.7 Å². The van der Waals surface area contributed by atoms with Crippen LogP contribution in [0.1, 0.15) is 87.1 Å². The lowest BCUT2D eigenvalue weighted by Gasteiger charge is -2.07. The van der Waals surface area contributed by atoms with E-state index in [1.54, 1.807) is 6.07 Å². The number of carbonyl (C=O) groups is 1. The minimum Gasteiger partial charge on any atom is -0.505 e. The number of phenols is 1. The van der Waals surface area contributed by atoms with Crippen molar-refractivity contribution in [3.8, 4) is 5.75 Å². The second kappa shape index (κ2) is 17.0. The smallest absolute Gasteiger partial charge is 0.339 e. The third-order valence-corrected chi connectivity index (χ3v) is 4.97. The molecule has 0 spiro atoms. The Kier molecular flexibility index (Phi) is 14.4. The van der Waals surface area contributed by atoms with Gasteiger partial charge in [-0.05, 0) is 75.5 Å². The molecule has 4 N–H and O–H groups in total. The predicted molar refractivity (Wildman–Crippen MR) is 132 cm³/mol. The van der Waals surface area contributed by atoms with E-state index in [0.29, 0.717) is 0 Å². The van der Waals surface area contributed by atoms with Crippen molar-refractivity contribution < 1.29 is 15.0 Å². The van der Waals surface area contributed by atoms with Crippen LogP contribution in [0.4, 0.5) is 5.69 Å². The molecule has 0 aliphatic rings. The Morgan fingerprint density at radius 2 is 1.35 bits per heavy atom. The molecule has 1 aromatic rings. The van der Waals surface area contributed by atoms with Crippen molar-refractivity contribution in [2.75, 3.05) is 5.73 Å². The molecule has 0 amide bonds. The van der Waals surface area contributed by atoms with Crippen molar-refractivity contribution in [1.82, 2.24) is 0 Å². The van der Waals surface area contributed by atoms with E-state index in [1.165, 1.54) is 31.7 Å². The second-order valence-corrected chi connectivity index (χ2v) is 7.72. The van der Waals surface area contributed by atoms with Crippen LogP contribution in [0, 0.1) is 0 Å². The van der Waals surface area contributed by atoms with Crippen molar-refractivity contribution in [2.24, 2.45) is 0 Å². The van der Waals surface area contributed by atoms with Gasteiger partial charge in [0.2, 0.25) is 0 Å². The maximum atomic E-state index is 11.1. The first-order chi connectivity index (χ1) is 15.1. The number of anilines is 1. The summed E-state index contributed by atoms with van der Waals surface area (Å²) in [4.78, 5) is 11.1. The number of rotatable bonds is 16. The van der Waals surface area contributed by atoms with Crippen LogP contribution in [0.5, 0.6) is 5.75 Å². The number of aryl methyl sites for hydroxylation is 1. The molecule has 0 saturated carbocycles. The van der Waals surface area contributed by atoms with E-state index in [-0.39, 0.29) is 17.0 Å². The van der Waals surface area contributed by atoms with Gasteiger partial charge >= 0.3 is 5.97 Å². The molecule has 0 aliphatic heterocycles. The second-order valence-electron chi connectivity index (χ2n) is 7.72. The molecule has 170 valence electrons. The van der Waals surface area contributed by atoms with Crippen molar-refractivity contribution in [3.05, 3.63) is 71.9 Å². The molecule has 0 aliphatic carbocycles. The molecule has 1 rings (SSSR count). The number of carboxylic acids is 1. The first-order valence-electron chi connectivity index (χ1n) is 11.5. The van der Waals surface area contributed by atoms with E-state index >= 15 is 0 Å². The molecular formula is C27H39NO3. The van der Waals surface area contributed by atoms with E-state index in [4.69, 9.17) is 10.8 Å². The molecule has 0 bridgehead atoms. The van der Waals surface area contributed by atoms with E-state index in [0.717, 1.165) is 50.5 Å². The summed E-state index contributed by atoms with van der Waals surface area (Å²) in [6.07, 6.45) is 29.5. The number of benzene rings is 1.